The van der Waals surface area contributed by atoms with Gasteiger partial charge in [-0.1, -0.05) is 30.3 Å². The predicted molar refractivity (Wildman–Crippen MR) is 88.7 cm³/mol. The highest BCUT2D eigenvalue weighted by Crippen LogP contribution is 2.16. The van der Waals surface area contributed by atoms with Crippen LogP contribution in [0.4, 0.5) is 0 Å². The van der Waals surface area contributed by atoms with Gasteiger partial charge in [0.05, 0.1) is 6.10 Å². The summed E-state index contributed by atoms with van der Waals surface area (Å²) >= 11 is 0. The predicted octanol–water partition coefficient (Wildman–Crippen LogP) is 1.97. The van der Waals surface area contributed by atoms with Crippen LogP contribution in [-0.4, -0.2) is 53.4 Å². The van der Waals surface area contributed by atoms with Crippen LogP contribution in [0.1, 0.15) is 43.8 Å². The van der Waals surface area contributed by atoms with Crippen LogP contribution in [0.3, 0.4) is 0 Å². The zero-order valence-electron chi connectivity index (χ0n) is 13.8. The summed E-state index contributed by atoms with van der Waals surface area (Å²) in [6, 6.07) is 9.46. The fraction of sp³-hybridized carbons (Fsp3) is 0.556. The lowest BCUT2D eigenvalue weighted by molar-refractivity contribution is -0.135. The molecule has 1 atom stereocenters. The van der Waals surface area contributed by atoms with Gasteiger partial charge in [-0.15, -0.1) is 0 Å². The zero-order chi connectivity index (χ0) is 16.7. The number of rotatable bonds is 7. The quantitative estimate of drug-likeness (QED) is 0.836. The van der Waals surface area contributed by atoms with E-state index in [0.29, 0.717) is 32.4 Å². The van der Waals surface area contributed by atoms with Crippen molar-refractivity contribution in [3.63, 3.8) is 0 Å². The maximum absolute atomic E-state index is 12.1. The Kier molecular flexibility index (Phi) is 6.59. The number of aliphatic hydroxyl groups excluding tert-OH is 1. The molecule has 126 valence electrons. The van der Waals surface area contributed by atoms with Crippen molar-refractivity contribution in [1.82, 2.24) is 9.80 Å². The number of likely N-dealkylation sites (tertiary alicyclic amines) is 1. The summed E-state index contributed by atoms with van der Waals surface area (Å²) < 4.78 is 0. The van der Waals surface area contributed by atoms with E-state index in [4.69, 9.17) is 0 Å². The molecule has 1 aliphatic heterocycles. The number of hydrogen-bond donors (Lipinski definition) is 1. The van der Waals surface area contributed by atoms with Crippen LogP contribution < -0.4 is 0 Å². The molecule has 23 heavy (non-hydrogen) atoms. The Morgan fingerprint density at radius 3 is 2.74 bits per heavy atom. The third kappa shape index (κ3) is 5.36. The van der Waals surface area contributed by atoms with Crippen LogP contribution in [0.25, 0.3) is 0 Å². The number of aliphatic hydroxyl groups is 1. The molecule has 1 aromatic carbocycles. The van der Waals surface area contributed by atoms with Gasteiger partial charge in [0.15, 0.2) is 0 Å². The summed E-state index contributed by atoms with van der Waals surface area (Å²) in [4.78, 5) is 27.3. The summed E-state index contributed by atoms with van der Waals surface area (Å²) in [5.74, 6) is 0.176. The van der Waals surface area contributed by atoms with E-state index in [0.717, 1.165) is 24.9 Å². The van der Waals surface area contributed by atoms with E-state index >= 15 is 0 Å². The van der Waals surface area contributed by atoms with Crippen LogP contribution in [0, 0.1) is 0 Å². The highest BCUT2D eigenvalue weighted by atomic mass is 16.3. The van der Waals surface area contributed by atoms with Crippen molar-refractivity contribution in [2.75, 3.05) is 26.7 Å². The fourth-order valence-corrected chi connectivity index (χ4v) is 2.80. The number of carbonyl (C=O) groups excluding carboxylic acids is 2. The van der Waals surface area contributed by atoms with E-state index in [2.05, 4.69) is 0 Å². The summed E-state index contributed by atoms with van der Waals surface area (Å²) in [6.45, 7) is 1.77. The third-order valence-electron chi connectivity index (χ3n) is 4.37. The Balaban J connectivity index is 1.71. The fourth-order valence-electron chi connectivity index (χ4n) is 2.80. The molecule has 0 saturated carbocycles. The SMILES string of the molecule is CN(CC[C@H](O)c1ccccc1)C(=O)CCN1CCCCC1=O. The second-order valence-corrected chi connectivity index (χ2v) is 6.12. The van der Waals surface area contributed by atoms with E-state index in [9.17, 15) is 14.7 Å². The van der Waals surface area contributed by atoms with Crippen molar-refractivity contribution < 1.29 is 14.7 Å². The van der Waals surface area contributed by atoms with Gasteiger partial charge in [-0.25, -0.2) is 0 Å². The first-order chi connectivity index (χ1) is 11.1. The summed E-state index contributed by atoms with van der Waals surface area (Å²) in [7, 11) is 1.75. The van der Waals surface area contributed by atoms with Gasteiger partial charge < -0.3 is 14.9 Å². The second-order valence-electron chi connectivity index (χ2n) is 6.12. The molecule has 0 unspecified atom stereocenters. The maximum atomic E-state index is 12.1. The van der Waals surface area contributed by atoms with Gasteiger partial charge >= 0.3 is 0 Å². The largest absolute Gasteiger partial charge is 0.388 e. The number of nitrogens with zero attached hydrogens (tertiary/aromatic N) is 2. The van der Waals surface area contributed by atoms with E-state index in [1.165, 1.54) is 0 Å². The molecule has 0 bridgehead atoms. The number of carbonyl (C=O) groups is 2. The molecule has 1 saturated heterocycles. The van der Waals surface area contributed by atoms with Gasteiger partial charge in [-0.2, -0.15) is 0 Å². The second kappa shape index (κ2) is 8.67. The number of piperidine rings is 1. The Labute approximate surface area is 137 Å². The maximum Gasteiger partial charge on any atom is 0.224 e. The minimum Gasteiger partial charge on any atom is -0.388 e. The van der Waals surface area contributed by atoms with Crippen molar-refractivity contribution in [3.05, 3.63) is 35.9 Å². The van der Waals surface area contributed by atoms with Crippen LogP contribution in [0.2, 0.25) is 0 Å². The number of benzene rings is 1. The van der Waals surface area contributed by atoms with Crippen LogP contribution in [0.15, 0.2) is 30.3 Å². The molecular formula is C18H26N2O3. The molecule has 1 heterocycles. The number of amides is 2. The molecule has 2 amide bonds. The van der Waals surface area contributed by atoms with E-state index < -0.39 is 6.10 Å². The van der Waals surface area contributed by atoms with Gasteiger partial charge in [0, 0.05) is 39.5 Å². The van der Waals surface area contributed by atoms with Gasteiger partial charge in [0.25, 0.3) is 0 Å². The molecule has 5 heteroatoms. The number of hydrogen-bond acceptors (Lipinski definition) is 3. The first kappa shape index (κ1) is 17.5. The lowest BCUT2D eigenvalue weighted by Crippen LogP contribution is -2.38. The van der Waals surface area contributed by atoms with Crippen LogP contribution in [-0.2, 0) is 9.59 Å². The highest BCUT2D eigenvalue weighted by molar-refractivity contribution is 5.79. The van der Waals surface area contributed by atoms with Gasteiger partial charge in [0.1, 0.15) is 0 Å². The third-order valence-corrected chi connectivity index (χ3v) is 4.37. The molecule has 2 rings (SSSR count). The normalized spacial score (nSPS) is 16.3. The summed E-state index contributed by atoms with van der Waals surface area (Å²) in [5, 5.41) is 10.1. The lowest BCUT2D eigenvalue weighted by atomic mass is 10.1. The lowest BCUT2D eigenvalue weighted by Gasteiger charge is -2.27. The van der Waals surface area contributed by atoms with Gasteiger partial charge in [0.2, 0.25) is 11.8 Å². The van der Waals surface area contributed by atoms with Crippen LogP contribution >= 0.6 is 0 Å². The van der Waals surface area contributed by atoms with Gasteiger partial charge in [-0.05, 0) is 24.8 Å². The monoisotopic (exact) mass is 318 g/mol. The minimum absolute atomic E-state index is 0.0173. The Bertz CT molecular complexity index is 518. The topological polar surface area (TPSA) is 60.9 Å². The molecule has 1 aromatic rings. The van der Waals surface area contributed by atoms with Crippen molar-refractivity contribution in [2.24, 2.45) is 0 Å². The molecule has 0 aliphatic carbocycles. The molecular weight excluding hydrogens is 292 g/mol. The zero-order valence-corrected chi connectivity index (χ0v) is 13.8. The van der Waals surface area contributed by atoms with Gasteiger partial charge in [-0.3, -0.25) is 9.59 Å². The van der Waals surface area contributed by atoms with Crippen molar-refractivity contribution in [1.29, 1.82) is 0 Å². The Morgan fingerprint density at radius 1 is 1.30 bits per heavy atom. The van der Waals surface area contributed by atoms with Crippen LogP contribution in [0.5, 0.6) is 0 Å². The summed E-state index contributed by atoms with van der Waals surface area (Å²) in [5.41, 5.74) is 0.868. The highest BCUT2D eigenvalue weighted by Gasteiger charge is 2.19. The first-order valence-electron chi connectivity index (χ1n) is 8.32. The van der Waals surface area contributed by atoms with Crippen molar-refractivity contribution in [2.45, 2.75) is 38.2 Å². The smallest absolute Gasteiger partial charge is 0.224 e. The molecule has 1 fully saturated rings. The van der Waals surface area contributed by atoms with E-state index in [1.54, 1.807) is 16.8 Å². The first-order valence-corrected chi connectivity index (χ1v) is 8.32. The average molecular weight is 318 g/mol. The standard InChI is InChI=1S/C18H26N2O3/c1-19(13-10-16(21)15-7-3-2-4-8-15)17(22)11-14-20-12-6-5-9-18(20)23/h2-4,7-8,16,21H,5-6,9-14H2,1H3/t16-/m0/s1. The molecule has 0 radical (unpaired) electrons. The molecule has 1 aliphatic rings. The van der Waals surface area contributed by atoms with Crippen molar-refractivity contribution in [3.8, 4) is 0 Å². The molecule has 0 spiro atoms. The minimum atomic E-state index is -0.560. The average Bonchev–Trinajstić information content (AvgIpc) is 2.59. The van der Waals surface area contributed by atoms with E-state index in [-0.39, 0.29) is 11.8 Å². The molecule has 0 aromatic heterocycles. The molecule has 5 nitrogen and oxygen atoms in total. The van der Waals surface area contributed by atoms with E-state index in [1.807, 2.05) is 30.3 Å². The Hall–Kier alpha value is -1.88. The summed E-state index contributed by atoms with van der Waals surface area (Å²) in [6.07, 6.45) is 2.89. The van der Waals surface area contributed by atoms with Crippen molar-refractivity contribution >= 4 is 11.8 Å². The molecule has 1 N–H and O–H groups in total. The Morgan fingerprint density at radius 2 is 2.04 bits per heavy atom.